The van der Waals surface area contributed by atoms with Crippen molar-refractivity contribution in [3.63, 3.8) is 0 Å². The molecule has 0 aliphatic rings. The minimum Gasteiger partial charge on any atom is -0.756 e. The number of phosphoric ester groups is 7. The summed E-state index contributed by atoms with van der Waals surface area (Å²) in [5.74, 6) is -1.87. The molecule has 0 bridgehead atoms. The first-order valence-corrected chi connectivity index (χ1v) is 24.4. The van der Waals surface area contributed by atoms with E-state index in [-0.39, 0.29) is 65.4 Å². The zero-order chi connectivity index (χ0) is 41.7. The van der Waals surface area contributed by atoms with Crippen LogP contribution in [0.15, 0.2) is 0 Å². The van der Waals surface area contributed by atoms with Crippen LogP contribution in [0.2, 0.25) is 0 Å². The number of rotatable bonds is 35. The van der Waals surface area contributed by atoms with E-state index in [9.17, 15) is 66.2 Å². The van der Waals surface area contributed by atoms with Crippen LogP contribution in [0.3, 0.4) is 0 Å². The van der Waals surface area contributed by atoms with Gasteiger partial charge in [0.15, 0.2) is 0 Å². The fraction of sp³-hybridized carbons (Fsp3) is 0.889. The Hall–Kier alpha value is 2.94. The van der Waals surface area contributed by atoms with Crippen molar-refractivity contribution < 1.29 is 200 Å². The fourth-order valence-electron chi connectivity index (χ4n) is 2.41. The largest absolute Gasteiger partial charge is 0.756 e. The van der Waals surface area contributed by atoms with E-state index in [0.717, 1.165) is 0 Å². The summed E-state index contributed by atoms with van der Waals surface area (Å²) in [6, 6.07) is 0. The van der Waals surface area contributed by atoms with Crippen molar-refractivity contribution in [2.75, 3.05) is 92.5 Å². The molecule has 0 amide bonds. The van der Waals surface area contributed by atoms with Crippen LogP contribution >= 0.6 is 54.8 Å². The second kappa shape index (κ2) is 30.9. The van der Waals surface area contributed by atoms with E-state index >= 15 is 0 Å². The summed E-state index contributed by atoms with van der Waals surface area (Å²) in [4.78, 5) is 88.8. The van der Waals surface area contributed by atoms with Gasteiger partial charge in [0.1, 0.15) is 0 Å². The van der Waals surface area contributed by atoms with Crippen LogP contribution in [0, 0.1) is 25.7 Å². The molecule has 332 valence electrons. The SMILES string of the molecule is [CH2-]C(CO)COP(=O)([O-])OCCOP(=O)([O-])OCCOP(=O)([O-])OCCOP(=O)([O-])OCCOP(=O)([O-])OCCOP(=O)([O-])OCC([CH2-])COP(=O)([O-])O.[Y].[Y]. The van der Waals surface area contributed by atoms with Gasteiger partial charge in [0.05, 0.1) is 66.1 Å². The van der Waals surface area contributed by atoms with Crippen molar-refractivity contribution in [3.05, 3.63) is 13.8 Å². The van der Waals surface area contributed by atoms with Crippen LogP contribution in [-0.2, 0) is 156 Å². The first-order valence-electron chi connectivity index (χ1n) is 14.1. The van der Waals surface area contributed by atoms with Gasteiger partial charge in [-0.05, 0) is 0 Å². The Morgan fingerprint density at radius 3 is 0.750 bits per heavy atom. The van der Waals surface area contributed by atoms with Crippen molar-refractivity contribution in [1.82, 2.24) is 0 Å². The molecular weight excluding hydrogens is 1070 g/mol. The quantitative estimate of drug-likeness (QED) is 0.0351. The maximum absolute atomic E-state index is 11.7. The average molecular weight is 1110 g/mol. The second-order valence-corrected chi connectivity index (χ2v) is 18.9. The van der Waals surface area contributed by atoms with Crippen LogP contribution in [-0.4, -0.2) is 102 Å². The van der Waals surface area contributed by atoms with Gasteiger partial charge in [-0.15, -0.1) is 11.8 Å². The molecule has 9 atom stereocenters. The first kappa shape index (κ1) is 63.2. The van der Waals surface area contributed by atoms with E-state index in [1.807, 2.05) is 0 Å². The monoisotopic (exact) mass is 1110 g/mol. The predicted octanol–water partition coefficient (Wildman–Crippen LogP) is -3.64. The second-order valence-electron chi connectivity index (χ2n) is 9.29. The van der Waals surface area contributed by atoms with Crippen LogP contribution in [0.1, 0.15) is 0 Å². The van der Waals surface area contributed by atoms with Gasteiger partial charge in [-0.25, -0.2) is 0 Å². The molecule has 0 spiro atoms. The average Bonchev–Trinajstić information content (AvgIpc) is 3.04. The molecule has 0 rings (SSSR count). The molecule has 0 aromatic carbocycles. The normalized spacial score (nSPS) is 20.6. The minimum atomic E-state index is -5.19. The Kier molecular flexibility index (Phi) is 34.9. The molecule has 0 aromatic rings. The Labute approximate surface area is 370 Å². The van der Waals surface area contributed by atoms with Gasteiger partial charge in [0.2, 0.25) is 0 Å². The molecule has 38 heteroatoms. The predicted molar refractivity (Wildman–Crippen MR) is 158 cm³/mol. The number of aliphatic hydroxyl groups excluding tert-OH is 1. The van der Waals surface area contributed by atoms with E-state index in [2.05, 4.69) is 72.7 Å². The molecule has 0 fully saturated rings. The van der Waals surface area contributed by atoms with Gasteiger partial charge in [0.25, 0.3) is 54.8 Å². The molecular formula is C18H36O29P7Y2-9. The summed E-state index contributed by atoms with van der Waals surface area (Å²) < 4.78 is 136. The molecule has 0 aliphatic heterocycles. The maximum atomic E-state index is 11.7. The van der Waals surface area contributed by atoms with Crippen LogP contribution in [0.4, 0.5) is 0 Å². The third-order valence-corrected chi connectivity index (χ3v) is 11.0. The van der Waals surface area contributed by atoms with E-state index in [4.69, 9.17) is 10.00 Å². The molecule has 0 heterocycles. The molecule has 0 saturated carbocycles. The van der Waals surface area contributed by atoms with Gasteiger partial charge in [-0.1, -0.05) is 0 Å². The Morgan fingerprint density at radius 2 is 0.554 bits per heavy atom. The fourth-order valence-corrected chi connectivity index (χ4v) is 7.02. The Bertz CT molecular complexity index is 1420. The zero-order valence-corrected chi connectivity index (χ0v) is 40.6. The van der Waals surface area contributed by atoms with Crippen LogP contribution < -0.4 is 34.3 Å². The smallest absolute Gasteiger partial charge is 0.268 e. The van der Waals surface area contributed by atoms with Crippen molar-refractivity contribution in [2.24, 2.45) is 11.8 Å². The van der Waals surface area contributed by atoms with Gasteiger partial charge >= 0.3 is 0 Å². The van der Waals surface area contributed by atoms with Crippen molar-refractivity contribution in [1.29, 1.82) is 0 Å². The summed E-state index contributed by atoms with van der Waals surface area (Å²) in [6.07, 6.45) is 0. The van der Waals surface area contributed by atoms with E-state index in [1.54, 1.807) is 0 Å². The van der Waals surface area contributed by atoms with Gasteiger partial charge < -0.3 is 117 Å². The third-order valence-electron chi connectivity index (χ3n) is 4.58. The van der Waals surface area contributed by atoms with E-state index < -0.39 is 159 Å². The zero-order valence-electron chi connectivity index (χ0n) is 28.7. The summed E-state index contributed by atoms with van der Waals surface area (Å²) >= 11 is 0. The standard InChI is InChI=1S/C18H43O29P7.2Y/c1-17(13-19)14-46-53(31,32)43-11-9-41-51(27,28)39-7-5-37-49(23,24)35-3-4-36-50(25,26)38-6-8-40-52(29,30)42-10-12-44-54(33,34)47-16-18(2)15-45-48(20,21)22;;/h17-19H,1-16H2,(H,23,24)(H,25,26)(H,27,28)(H,29,30)(H,31,32)(H,33,34)(H2,20,21,22);;/q-2;;/p-7. The summed E-state index contributed by atoms with van der Waals surface area (Å²) in [5, 5.41) is 8.76. The number of hydrogen-bond donors (Lipinski definition) is 2. The number of aliphatic hydroxyl groups is 1. The molecule has 0 aliphatic carbocycles. The molecule has 9 unspecified atom stereocenters. The van der Waals surface area contributed by atoms with E-state index in [0.29, 0.717) is 0 Å². The summed E-state index contributed by atoms with van der Waals surface area (Å²) in [7, 11) is -35.6. The van der Waals surface area contributed by atoms with Crippen molar-refractivity contribution in [3.8, 4) is 0 Å². The Balaban J connectivity index is -0.0000140. The van der Waals surface area contributed by atoms with E-state index in [1.165, 1.54) is 0 Å². The molecule has 0 saturated heterocycles. The molecule has 56 heavy (non-hydrogen) atoms. The van der Waals surface area contributed by atoms with Crippen LogP contribution in [0.5, 0.6) is 0 Å². The minimum absolute atomic E-state index is 0. The summed E-state index contributed by atoms with van der Waals surface area (Å²) in [5.41, 5.74) is 0. The number of phosphoric acid groups is 7. The Morgan fingerprint density at radius 1 is 0.375 bits per heavy atom. The molecule has 2 N–H and O–H groups in total. The molecule has 2 radical (unpaired) electrons. The molecule has 0 aromatic heterocycles. The van der Waals surface area contributed by atoms with Gasteiger partial charge in [-0.2, -0.15) is 0 Å². The van der Waals surface area contributed by atoms with Crippen molar-refractivity contribution in [2.45, 2.75) is 0 Å². The first-order chi connectivity index (χ1) is 24.6. The van der Waals surface area contributed by atoms with Gasteiger partial charge in [0, 0.05) is 91.8 Å². The summed E-state index contributed by atoms with van der Waals surface area (Å²) in [6.45, 7) is -5.17. The van der Waals surface area contributed by atoms with Crippen molar-refractivity contribution >= 4 is 54.8 Å². The molecule has 29 nitrogen and oxygen atoms in total. The topological polar surface area (TPSA) is 441 Å². The third kappa shape index (κ3) is 38.6. The van der Waals surface area contributed by atoms with Gasteiger partial charge in [-0.3, -0.25) is 32.0 Å². The van der Waals surface area contributed by atoms with Crippen LogP contribution in [0.25, 0.3) is 0 Å². The number of hydrogen-bond acceptors (Lipinski definition) is 28. The maximum Gasteiger partial charge on any atom is 0.268 e.